The van der Waals surface area contributed by atoms with Gasteiger partial charge in [0.25, 0.3) is 0 Å². The van der Waals surface area contributed by atoms with Crippen molar-refractivity contribution < 1.29 is 9.59 Å². The van der Waals surface area contributed by atoms with Gasteiger partial charge in [-0.15, -0.1) is 0 Å². The molecular weight excluding hydrogens is 360 g/mol. The smallest absolute Gasteiger partial charge is 0.229 e. The number of hydrogen-bond acceptors (Lipinski definition) is 2. The minimum absolute atomic E-state index is 0.0425. The van der Waals surface area contributed by atoms with E-state index in [2.05, 4.69) is 24.1 Å². The van der Waals surface area contributed by atoms with Crippen LogP contribution in [0.15, 0.2) is 24.3 Å². The van der Waals surface area contributed by atoms with Crippen molar-refractivity contribution in [3.8, 4) is 0 Å². The largest absolute Gasteiger partial charge is 0.354 e. The number of rotatable bonds is 7. The van der Waals surface area contributed by atoms with Gasteiger partial charge in [-0.05, 0) is 57.2 Å². The zero-order valence-electron chi connectivity index (χ0n) is 17.2. The Balaban J connectivity index is 2.32. The molecule has 0 aliphatic carbocycles. The van der Waals surface area contributed by atoms with Gasteiger partial charge in [0, 0.05) is 23.5 Å². The molecule has 1 N–H and O–H groups in total. The van der Waals surface area contributed by atoms with Crippen LogP contribution in [-0.2, 0) is 9.59 Å². The first-order valence-corrected chi connectivity index (χ1v) is 10.5. The fourth-order valence-corrected chi connectivity index (χ4v) is 4.29. The number of nitrogens with one attached hydrogen (secondary N) is 1. The van der Waals surface area contributed by atoms with E-state index >= 15 is 0 Å². The van der Waals surface area contributed by atoms with Crippen molar-refractivity contribution in [2.45, 2.75) is 84.8 Å². The number of carbonyl (C=O) groups is 2. The molecule has 1 aromatic rings. The van der Waals surface area contributed by atoms with Gasteiger partial charge in [0.15, 0.2) is 0 Å². The molecule has 1 heterocycles. The zero-order valence-corrected chi connectivity index (χ0v) is 18.0. The van der Waals surface area contributed by atoms with E-state index in [1.165, 1.54) is 0 Å². The van der Waals surface area contributed by atoms with Crippen molar-refractivity contribution in [3.63, 3.8) is 0 Å². The number of amides is 2. The number of hydrogen-bond donors (Lipinski definition) is 1. The molecule has 2 rings (SSSR count). The Morgan fingerprint density at radius 1 is 1.26 bits per heavy atom. The van der Waals surface area contributed by atoms with Gasteiger partial charge in [-0.3, -0.25) is 9.59 Å². The van der Waals surface area contributed by atoms with Gasteiger partial charge in [-0.25, -0.2) is 0 Å². The lowest BCUT2D eigenvalue weighted by Crippen LogP contribution is -2.54. The minimum atomic E-state index is -0.648. The molecule has 1 fully saturated rings. The molecule has 0 saturated carbocycles. The second-order valence-electron chi connectivity index (χ2n) is 8.25. The Morgan fingerprint density at radius 2 is 1.85 bits per heavy atom. The van der Waals surface area contributed by atoms with Crippen LogP contribution in [0.2, 0.25) is 5.02 Å². The number of nitrogens with zero attached hydrogens (tertiary/aromatic N) is 1. The maximum atomic E-state index is 13.6. The molecule has 1 aliphatic rings. The van der Waals surface area contributed by atoms with Crippen LogP contribution >= 0.6 is 11.6 Å². The van der Waals surface area contributed by atoms with E-state index in [1.807, 2.05) is 45.0 Å². The number of carbonyl (C=O) groups excluding carboxylic acids is 2. The van der Waals surface area contributed by atoms with Crippen LogP contribution in [0.1, 0.15) is 78.3 Å². The molecule has 2 amide bonds. The molecule has 5 heteroatoms. The molecule has 0 bridgehead atoms. The summed E-state index contributed by atoms with van der Waals surface area (Å²) in [6.45, 7) is 10.1. The molecule has 1 aromatic carbocycles. The highest BCUT2D eigenvalue weighted by atomic mass is 35.5. The highest BCUT2D eigenvalue weighted by molar-refractivity contribution is 6.30. The lowest BCUT2D eigenvalue weighted by atomic mass is 9.73. The van der Waals surface area contributed by atoms with Crippen LogP contribution in [0.4, 0.5) is 0 Å². The predicted octanol–water partition coefficient (Wildman–Crippen LogP) is 5.11. The topological polar surface area (TPSA) is 49.4 Å². The van der Waals surface area contributed by atoms with Gasteiger partial charge < -0.3 is 10.2 Å². The van der Waals surface area contributed by atoms with Gasteiger partial charge in [0.2, 0.25) is 11.8 Å². The molecular formula is C22H33ClN2O2. The van der Waals surface area contributed by atoms with E-state index in [4.69, 9.17) is 11.6 Å². The van der Waals surface area contributed by atoms with E-state index in [9.17, 15) is 9.59 Å². The van der Waals surface area contributed by atoms with Gasteiger partial charge in [-0.1, -0.05) is 44.5 Å². The Labute approximate surface area is 168 Å². The SMILES string of the molecule is CCC(CC)N1C(=O)C(C)(CC(=O)NC(C)C)CCC1c1ccc(Cl)cc1. The summed E-state index contributed by atoms with van der Waals surface area (Å²) >= 11 is 6.05. The molecule has 0 aromatic heterocycles. The average Bonchev–Trinajstić information content (AvgIpc) is 2.60. The first-order chi connectivity index (χ1) is 12.7. The summed E-state index contributed by atoms with van der Waals surface area (Å²) in [5, 5.41) is 3.63. The molecule has 1 aliphatic heterocycles. The predicted molar refractivity (Wildman–Crippen MR) is 111 cm³/mol. The third-order valence-corrected chi connectivity index (χ3v) is 5.90. The highest BCUT2D eigenvalue weighted by Crippen LogP contribution is 2.44. The average molecular weight is 393 g/mol. The first kappa shape index (κ1) is 21.7. The molecule has 150 valence electrons. The van der Waals surface area contributed by atoms with Crippen LogP contribution < -0.4 is 5.32 Å². The molecule has 1 saturated heterocycles. The third-order valence-electron chi connectivity index (χ3n) is 5.65. The van der Waals surface area contributed by atoms with Crippen LogP contribution in [0.25, 0.3) is 0 Å². The van der Waals surface area contributed by atoms with Crippen molar-refractivity contribution >= 4 is 23.4 Å². The summed E-state index contributed by atoms with van der Waals surface area (Å²) < 4.78 is 0. The summed E-state index contributed by atoms with van der Waals surface area (Å²) in [4.78, 5) is 28.0. The summed E-state index contributed by atoms with van der Waals surface area (Å²) in [6, 6.07) is 8.10. The second kappa shape index (κ2) is 9.09. The number of halogens is 1. The quantitative estimate of drug-likeness (QED) is 0.700. The molecule has 0 spiro atoms. The fraction of sp³-hybridized carbons (Fsp3) is 0.636. The van der Waals surface area contributed by atoms with Crippen molar-refractivity contribution in [1.82, 2.24) is 10.2 Å². The van der Waals surface area contributed by atoms with Gasteiger partial charge >= 0.3 is 0 Å². The normalized spacial score (nSPS) is 23.2. The third kappa shape index (κ3) is 5.04. The molecule has 2 unspecified atom stereocenters. The van der Waals surface area contributed by atoms with Crippen LogP contribution in [-0.4, -0.2) is 28.8 Å². The zero-order chi connectivity index (χ0) is 20.2. The van der Waals surface area contributed by atoms with Gasteiger partial charge in [0.05, 0.1) is 11.5 Å². The number of piperidine rings is 1. The Bertz CT molecular complexity index is 655. The molecule has 27 heavy (non-hydrogen) atoms. The van der Waals surface area contributed by atoms with Crippen LogP contribution in [0.5, 0.6) is 0 Å². The Hall–Kier alpha value is -1.55. The maximum Gasteiger partial charge on any atom is 0.229 e. The number of likely N-dealkylation sites (tertiary alicyclic amines) is 1. The fourth-order valence-electron chi connectivity index (χ4n) is 4.16. The lowest BCUT2D eigenvalue weighted by Gasteiger charge is -2.48. The first-order valence-electron chi connectivity index (χ1n) is 10.1. The standard InChI is InChI=1S/C22H33ClN2O2/c1-6-18(7-2)25-19(16-8-10-17(23)11-9-16)12-13-22(5,21(25)27)14-20(26)24-15(3)4/h8-11,15,18-19H,6-7,12-14H2,1-5H3,(H,24,26). The van der Waals surface area contributed by atoms with E-state index < -0.39 is 5.41 Å². The lowest BCUT2D eigenvalue weighted by molar-refractivity contribution is -0.156. The summed E-state index contributed by atoms with van der Waals surface area (Å²) in [6.07, 6.45) is 3.62. The molecule has 2 atom stereocenters. The van der Waals surface area contributed by atoms with E-state index in [-0.39, 0.29) is 36.4 Å². The van der Waals surface area contributed by atoms with E-state index in [0.29, 0.717) is 11.4 Å². The van der Waals surface area contributed by atoms with Crippen molar-refractivity contribution in [3.05, 3.63) is 34.9 Å². The monoisotopic (exact) mass is 392 g/mol. The highest BCUT2D eigenvalue weighted by Gasteiger charge is 2.47. The second-order valence-corrected chi connectivity index (χ2v) is 8.68. The van der Waals surface area contributed by atoms with Crippen molar-refractivity contribution in [2.24, 2.45) is 5.41 Å². The van der Waals surface area contributed by atoms with E-state index in [0.717, 1.165) is 24.8 Å². The molecule has 0 radical (unpaired) electrons. The molecule has 4 nitrogen and oxygen atoms in total. The van der Waals surface area contributed by atoms with Crippen molar-refractivity contribution in [1.29, 1.82) is 0 Å². The van der Waals surface area contributed by atoms with Crippen LogP contribution in [0.3, 0.4) is 0 Å². The summed E-state index contributed by atoms with van der Waals surface area (Å²) in [5.41, 5.74) is 0.471. The summed E-state index contributed by atoms with van der Waals surface area (Å²) in [7, 11) is 0. The van der Waals surface area contributed by atoms with Gasteiger partial charge in [0.1, 0.15) is 0 Å². The number of benzene rings is 1. The maximum absolute atomic E-state index is 13.6. The minimum Gasteiger partial charge on any atom is -0.354 e. The van der Waals surface area contributed by atoms with E-state index in [1.54, 1.807) is 0 Å². The Morgan fingerprint density at radius 3 is 2.37 bits per heavy atom. The Kier molecular flexibility index (Phi) is 7.32. The van der Waals surface area contributed by atoms with Crippen molar-refractivity contribution in [2.75, 3.05) is 0 Å². The van der Waals surface area contributed by atoms with Gasteiger partial charge in [-0.2, -0.15) is 0 Å². The summed E-state index contributed by atoms with van der Waals surface area (Å²) in [5.74, 6) is 0.0524. The van der Waals surface area contributed by atoms with Crippen LogP contribution in [0, 0.1) is 5.41 Å².